The van der Waals surface area contributed by atoms with Gasteiger partial charge in [0, 0.05) is 46.3 Å². The Morgan fingerprint density at radius 3 is 1.32 bits per heavy atom. The highest BCUT2D eigenvalue weighted by atomic mass is 16.2. The van der Waals surface area contributed by atoms with Gasteiger partial charge in [-0.05, 0) is 73.6 Å². The van der Waals surface area contributed by atoms with E-state index < -0.39 is 0 Å². The van der Waals surface area contributed by atoms with E-state index in [0.717, 1.165) is 17.6 Å². The Hall–Kier alpha value is -2.62. The minimum Gasteiger partial charge on any atom is -0.354 e. The van der Waals surface area contributed by atoms with Crippen LogP contribution in [0.1, 0.15) is 263 Å². The third-order valence-electron chi connectivity index (χ3n) is 13.4. The summed E-state index contributed by atoms with van der Waals surface area (Å²) in [6, 6.07) is 8.65. The molecule has 0 bridgehead atoms. The SMILES string of the molecule is CCCCCCCCCCCCCCCCCCc1c(C)cc2c([nH]c3ccc(NC(=O)CCC(=O)C(C)C)cc32)c1CCCCCCCCCCCCCCCCCC. The molecule has 3 aromatic rings. The number of aryl methyl sites for hydroxylation is 2. The second kappa shape index (κ2) is 33.0. The van der Waals surface area contributed by atoms with Crippen LogP contribution in [0.25, 0.3) is 21.8 Å². The fourth-order valence-electron chi connectivity index (χ4n) is 9.44. The summed E-state index contributed by atoms with van der Waals surface area (Å²) in [7, 11) is 0. The molecule has 0 spiro atoms. The topological polar surface area (TPSA) is 62.0 Å². The molecule has 0 aliphatic heterocycles. The van der Waals surface area contributed by atoms with E-state index in [1.807, 2.05) is 19.9 Å². The number of amides is 1. The van der Waals surface area contributed by atoms with Crippen molar-refractivity contribution in [3.63, 3.8) is 0 Å². The summed E-state index contributed by atoms with van der Waals surface area (Å²) in [5.41, 5.74) is 7.75. The second-order valence-corrected chi connectivity index (χ2v) is 19.2. The number of carbonyl (C=O) groups is 2. The summed E-state index contributed by atoms with van der Waals surface area (Å²) >= 11 is 0. The number of anilines is 1. The van der Waals surface area contributed by atoms with Gasteiger partial charge in [0.15, 0.2) is 0 Å². The van der Waals surface area contributed by atoms with Gasteiger partial charge in [-0.15, -0.1) is 0 Å². The van der Waals surface area contributed by atoms with Crippen molar-refractivity contribution in [3.8, 4) is 0 Å². The Labute approximate surface area is 370 Å². The number of rotatable bonds is 39. The lowest BCUT2D eigenvalue weighted by Crippen LogP contribution is -2.15. The molecule has 1 aromatic heterocycles. The average molecular weight is 827 g/mol. The number of ketones is 1. The lowest BCUT2D eigenvalue weighted by Gasteiger charge is -2.15. The van der Waals surface area contributed by atoms with Crippen LogP contribution < -0.4 is 5.32 Å². The molecule has 3 rings (SSSR count). The van der Waals surface area contributed by atoms with Crippen molar-refractivity contribution in [2.45, 2.75) is 266 Å². The first-order valence-corrected chi connectivity index (χ1v) is 26.2. The van der Waals surface area contributed by atoms with Crippen molar-refractivity contribution < 1.29 is 9.59 Å². The van der Waals surface area contributed by atoms with Crippen LogP contribution in [0.15, 0.2) is 24.3 Å². The third-order valence-corrected chi connectivity index (χ3v) is 13.4. The highest BCUT2D eigenvalue weighted by Gasteiger charge is 2.17. The number of benzene rings is 2. The Bertz CT molecular complexity index is 1570. The molecule has 0 atom stereocenters. The Morgan fingerprint density at radius 1 is 0.500 bits per heavy atom. The molecule has 0 saturated carbocycles. The number of fused-ring (bicyclic) bond motifs is 3. The number of Topliss-reactive ketones (excluding diaryl/α,β-unsaturated/α-hetero) is 1. The van der Waals surface area contributed by atoms with E-state index in [1.165, 1.54) is 239 Å². The van der Waals surface area contributed by atoms with Crippen molar-refractivity contribution in [3.05, 3.63) is 41.0 Å². The van der Waals surface area contributed by atoms with Crippen LogP contribution in [0.3, 0.4) is 0 Å². The molecule has 0 unspecified atom stereocenters. The predicted molar refractivity (Wildman–Crippen MR) is 265 cm³/mol. The van der Waals surface area contributed by atoms with Crippen LogP contribution in [-0.2, 0) is 22.4 Å². The largest absolute Gasteiger partial charge is 0.354 e. The molecule has 60 heavy (non-hydrogen) atoms. The molecule has 0 aliphatic carbocycles. The van der Waals surface area contributed by atoms with Crippen LogP contribution in [0.2, 0.25) is 0 Å². The highest BCUT2D eigenvalue weighted by molar-refractivity contribution is 6.10. The van der Waals surface area contributed by atoms with Gasteiger partial charge >= 0.3 is 0 Å². The number of hydrogen-bond acceptors (Lipinski definition) is 2. The second-order valence-electron chi connectivity index (χ2n) is 19.2. The summed E-state index contributed by atoms with van der Waals surface area (Å²) in [5, 5.41) is 5.52. The molecule has 1 amide bonds. The zero-order valence-electron chi connectivity index (χ0n) is 40.2. The molecule has 0 fully saturated rings. The zero-order chi connectivity index (χ0) is 43.0. The van der Waals surface area contributed by atoms with Gasteiger partial charge in [-0.25, -0.2) is 0 Å². The first-order chi connectivity index (χ1) is 29.3. The number of unbranched alkanes of at least 4 members (excludes halogenated alkanes) is 30. The molecule has 0 aliphatic rings. The molecule has 2 N–H and O–H groups in total. The fourth-order valence-corrected chi connectivity index (χ4v) is 9.44. The average Bonchev–Trinajstić information content (AvgIpc) is 3.60. The van der Waals surface area contributed by atoms with Crippen LogP contribution in [0.5, 0.6) is 0 Å². The van der Waals surface area contributed by atoms with E-state index in [9.17, 15) is 9.59 Å². The van der Waals surface area contributed by atoms with Gasteiger partial charge in [0.05, 0.1) is 0 Å². The number of hydrogen-bond donors (Lipinski definition) is 2. The maximum Gasteiger partial charge on any atom is 0.224 e. The fraction of sp³-hybridized carbons (Fsp3) is 0.750. The van der Waals surface area contributed by atoms with Crippen LogP contribution in [0, 0.1) is 12.8 Å². The van der Waals surface area contributed by atoms with E-state index >= 15 is 0 Å². The van der Waals surface area contributed by atoms with Gasteiger partial charge in [-0.1, -0.05) is 220 Å². The van der Waals surface area contributed by atoms with Gasteiger partial charge in [0.2, 0.25) is 5.91 Å². The van der Waals surface area contributed by atoms with E-state index in [0.29, 0.717) is 6.42 Å². The summed E-state index contributed by atoms with van der Waals surface area (Å²) in [4.78, 5) is 28.8. The van der Waals surface area contributed by atoms with Crippen LogP contribution in [-0.4, -0.2) is 16.7 Å². The maximum absolute atomic E-state index is 12.8. The van der Waals surface area contributed by atoms with Gasteiger partial charge in [-0.2, -0.15) is 0 Å². The van der Waals surface area contributed by atoms with Gasteiger partial charge in [0.25, 0.3) is 0 Å². The van der Waals surface area contributed by atoms with E-state index in [4.69, 9.17) is 0 Å². The zero-order valence-corrected chi connectivity index (χ0v) is 40.2. The maximum atomic E-state index is 12.8. The van der Waals surface area contributed by atoms with Gasteiger partial charge in [-0.3, -0.25) is 9.59 Å². The van der Waals surface area contributed by atoms with Gasteiger partial charge < -0.3 is 10.3 Å². The number of aromatic amines is 1. The number of aromatic nitrogens is 1. The molecule has 4 nitrogen and oxygen atoms in total. The molecular formula is C56H94N2O2. The van der Waals surface area contributed by atoms with E-state index in [-0.39, 0.29) is 24.0 Å². The van der Waals surface area contributed by atoms with E-state index in [2.05, 4.69) is 49.3 Å². The Morgan fingerprint density at radius 2 is 0.900 bits per heavy atom. The standard InChI is InChI=1S/C56H94N2O2/c1-6-8-10-12-14-16-18-20-22-24-26-28-30-32-34-36-38-49-47(5)44-52-51-45-48(57-55(60)43-42-54(59)46(3)4)40-41-53(51)58-56(52)50(49)39-37-35-33-31-29-27-25-23-21-19-17-15-13-11-9-7-2/h40-41,44-46,58H,6-39,42-43H2,1-5H3,(H,57,60). The number of nitrogens with one attached hydrogen (secondary N) is 2. The van der Waals surface area contributed by atoms with Crippen molar-refractivity contribution >= 4 is 39.2 Å². The predicted octanol–water partition coefficient (Wildman–Crippen LogP) is 18.2. The minimum atomic E-state index is -0.0929. The molecule has 0 saturated heterocycles. The van der Waals surface area contributed by atoms with Crippen molar-refractivity contribution in [2.24, 2.45) is 5.92 Å². The first kappa shape index (κ1) is 51.7. The first-order valence-electron chi connectivity index (χ1n) is 26.2. The smallest absolute Gasteiger partial charge is 0.224 e. The third kappa shape index (κ3) is 21.4. The quantitative estimate of drug-likeness (QED) is 0.0563. The van der Waals surface area contributed by atoms with E-state index in [1.54, 1.807) is 5.56 Å². The number of carbonyl (C=O) groups excluding carboxylic acids is 2. The summed E-state index contributed by atoms with van der Waals surface area (Å²) in [6.45, 7) is 10.7. The highest BCUT2D eigenvalue weighted by Crippen LogP contribution is 2.35. The molecule has 0 radical (unpaired) electrons. The molecule has 340 valence electrons. The summed E-state index contributed by atoms with van der Waals surface area (Å²) in [5.74, 6) is 0.00981. The minimum absolute atomic E-state index is 0.0361. The molecule has 4 heteroatoms. The summed E-state index contributed by atoms with van der Waals surface area (Å²) in [6.07, 6.45) is 47.6. The van der Waals surface area contributed by atoms with Crippen molar-refractivity contribution in [1.82, 2.24) is 4.98 Å². The molecule has 1 heterocycles. The Kier molecular flexibility index (Phi) is 28.5. The lowest BCUT2D eigenvalue weighted by atomic mass is 9.90. The van der Waals surface area contributed by atoms with Gasteiger partial charge in [0.1, 0.15) is 5.78 Å². The molecular weight excluding hydrogens is 733 g/mol. The molecule has 2 aromatic carbocycles. The normalized spacial score (nSPS) is 11.8. The monoisotopic (exact) mass is 827 g/mol. The van der Waals surface area contributed by atoms with Crippen molar-refractivity contribution in [2.75, 3.05) is 5.32 Å². The van der Waals surface area contributed by atoms with Crippen LogP contribution >= 0.6 is 0 Å². The van der Waals surface area contributed by atoms with Crippen LogP contribution in [0.4, 0.5) is 5.69 Å². The van der Waals surface area contributed by atoms with Crippen molar-refractivity contribution in [1.29, 1.82) is 0 Å². The number of H-pyrrole nitrogens is 1. The summed E-state index contributed by atoms with van der Waals surface area (Å²) < 4.78 is 0. The Balaban J connectivity index is 1.49. The lowest BCUT2D eigenvalue weighted by molar-refractivity contribution is -0.124.